The van der Waals surface area contributed by atoms with Crippen LogP contribution in [0.4, 0.5) is 11.4 Å². The lowest BCUT2D eigenvalue weighted by atomic mass is 10.0. The van der Waals surface area contributed by atoms with Crippen LogP contribution in [0, 0.1) is 0 Å². The summed E-state index contributed by atoms with van der Waals surface area (Å²) in [4.78, 5) is 25.9. The second-order valence-electron chi connectivity index (χ2n) is 5.28. The van der Waals surface area contributed by atoms with Gasteiger partial charge in [0.2, 0.25) is 5.91 Å². The molecule has 0 radical (unpaired) electrons. The van der Waals surface area contributed by atoms with Crippen molar-refractivity contribution in [2.24, 2.45) is 7.05 Å². The maximum Gasteiger partial charge on any atom is 0.273 e. The largest absolute Gasteiger partial charge is 0.321 e. The number of carbonyl (C=O) groups excluding carboxylic acids is 2. The Hall–Kier alpha value is -2.63. The summed E-state index contributed by atoms with van der Waals surface area (Å²) < 4.78 is 1.53. The molecule has 2 heterocycles. The molecule has 2 amide bonds. The molecule has 0 saturated carbocycles. The molecule has 6 heteroatoms. The van der Waals surface area contributed by atoms with Crippen molar-refractivity contribution in [3.05, 3.63) is 41.7 Å². The maximum absolute atomic E-state index is 12.2. The minimum absolute atomic E-state index is 0.154. The molecule has 0 fully saturated rings. The quantitative estimate of drug-likeness (QED) is 0.942. The summed E-state index contributed by atoms with van der Waals surface area (Å²) >= 11 is 0. The van der Waals surface area contributed by atoms with Gasteiger partial charge in [0, 0.05) is 37.6 Å². The molecule has 0 aliphatic carbocycles. The third kappa shape index (κ3) is 2.47. The third-order valence-corrected chi connectivity index (χ3v) is 3.91. The van der Waals surface area contributed by atoms with Gasteiger partial charge >= 0.3 is 0 Å². The summed E-state index contributed by atoms with van der Waals surface area (Å²) in [5.74, 6) is -0.0409. The van der Waals surface area contributed by atoms with Crippen molar-refractivity contribution in [1.82, 2.24) is 9.78 Å². The summed E-state index contributed by atoms with van der Waals surface area (Å²) in [5.41, 5.74) is 3.26. The number of aromatic nitrogens is 2. The molecule has 1 aromatic heterocycles. The van der Waals surface area contributed by atoms with Crippen molar-refractivity contribution < 1.29 is 9.59 Å². The van der Waals surface area contributed by atoms with E-state index in [4.69, 9.17) is 0 Å². The van der Waals surface area contributed by atoms with E-state index in [1.165, 1.54) is 4.68 Å². The van der Waals surface area contributed by atoms with E-state index in [9.17, 15) is 9.59 Å². The standard InChI is InChI=1S/C16H18N4O2/c1-3-20-13-6-5-12(10-11(13)4-7-15(20)21)18-16(22)14-8-9-17-19(14)2/h5-6,8-10H,3-4,7H2,1-2H3,(H,18,22). The van der Waals surface area contributed by atoms with Crippen molar-refractivity contribution in [3.8, 4) is 0 Å². The van der Waals surface area contributed by atoms with Gasteiger partial charge < -0.3 is 10.2 Å². The Morgan fingerprint density at radius 1 is 1.32 bits per heavy atom. The third-order valence-electron chi connectivity index (χ3n) is 3.91. The van der Waals surface area contributed by atoms with E-state index in [2.05, 4.69) is 10.4 Å². The predicted octanol–water partition coefficient (Wildman–Crippen LogP) is 1.97. The fraction of sp³-hybridized carbons (Fsp3) is 0.312. The highest BCUT2D eigenvalue weighted by atomic mass is 16.2. The second-order valence-corrected chi connectivity index (χ2v) is 5.28. The number of hydrogen-bond donors (Lipinski definition) is 1. The van der Waals surface area contributed by atoms with Gasteiger partial charge in [-0.3, -0.25) is 14.3 Å². The molecule has 3 rings (SSSR count). The average molecular weight is 298 g/mol. The van der Waals surface area contributed by atoms with E-state index in [0.29, 0.717) is 25.1 Å². The van der Waals surface area contributed by atoms with Crippen molar-refractivity contribution in [1.29, 1.82) is 0 Å². The highest BCUT2D eigenvalue weighted by molar-refractivity contribution is 6.03. The number of carbonyl (C=O) groups is 2. The topological polar surface area (TPSA) is 67.2 Å². The molecular formula is C16H18N4O2. The first kappa shape index (κ1) is 14.3. The Morgan fingerprint density at radius 3 is 2.82 bits per heavy atom. The lowest BCUT2D eigenvalue weighted by Crippen LogP contribution is -2.34. The van der Waals surface area contributed by atoms with E-state index >= 15 is 0 Å². The summed E-state index contributed by atoms with van der Waals surface area (Å²) in [6.07, 6.45) is 2.81. The van der Waals surface area contributed by atoms with Crippen LogP contribution in [0.1, 0.15) is 29.4 Å². The Kier molecular flexibility index (Phi) is 3.66. The van der Waals surface area contributed by atoms with Crippen LogP contribution in [-0.4, -0.2) is 28.1 Å². The first-order valence-corrected chi connectivity index (χ1v) is 7.32. The second kappa shape index (κ2) is 5.63. The number of amides is 2. The molecule has 22 heavy (non-hydrogen) atoms. The Morgan fingerprint density at radius 2 is 2.14 bits per heavy atom. The molecule has 1 aliphatic heterocycles. The molecule has 1 aromatic carbocycles. The molecule has 2 aromatic rings. The molecule has 6 nitrogen and oxygen atoms in total. The smallest absolute Gasteiger partial charge is 0.273 e. The number of anilines is 2. The minimum Gasteiger partial charge on any atom is -0.321 e. The van der Waals surface area contributed by atoms with Crippen molar-refractivity contribution in [2.45, 2.75) is 19.8 Å². The molecule has 0 atom stereocenters. The van der Waals surface area contributed by atoms with E-state index in [0.717, 1.165) is 16.9 Å². The fourth-order valence-corrected chi connectivity index (χ4v) is 2.78. The van der Waals surface area contributed by atoms with Crippen LogP contribution in [-0.2, 0) is 18.3 Å². The van der Waals surface area contributed by atoms with Gasteiger partial charge in [-0.05, 0) is 43.2 Å². The Bertz CT molecular complexity index is 735. The van der Waals surface area contributed by atoms with Gasteiger partial charge in [0.25, 0.3) is 5.91 Å². The van der Waals surface area contributed by atoms with Gasteiger partial charge in [-0.15, -0.1) is 0 Å². The van der Waals surface area contributed by atoms with Crippen LogP contribution in [0.25, 0.3) is 0 Å². The van der Waals surface area contributed by atoms with E-state index in [-0.39, 0.29) is 11.8 Å². The van der Waals surface area contributed by atoms with E-state index < -0.39 is 0 Å². The van der Waals surface area contributed by atoms with Crippen LogP contribution in [0.2, 0.25) is 0 Å². The Labute approximate surface area is 128 Å². The SMILES string of the molecule is CCN1C(=O)CCc2cc(NC(=O)c3ccnn3C)ccc21. The van der Waals surface area contributed by atoms with Crippen LogP contribution in [0.3, 0.4) is 0 Å². The van der Waals surface area contributed by atoms with E-state index in [1.807, 2.05) is 25.1 Å². The fourth-order valence-electron chi connectivity index (χ4n) is 2.78. The van der Waals surface area contributed by atoms with Crippen LogP contribution < -0.4 is 10.2 Å². The lowest BCUT2D eigenvalue weighted by molar-refractivity contribution is -0.118. The first-order valence-electron chi connectivity index (χ1n) is 7.32. The van der Waals surface area contributed by atoms with Gasteiger partial charge in [-0.25, -0.2) is 0 Å². The molecule has 0 saturated heterocycles. The highest BCUT2D eigenvalue weighted by Crippen LogP contribution is 2.30. The van der Waals surface area contributed by atoms with E-state index in [1.54, 1.807) is 24.2 Å². The zero-order valence-electron chi connectivity index (χ0n) is 12.7. The molecule has 114 valence electrons. The van der Waals surface area contributed by atoms with Crippen molar-refractivity contribution in [3.63, 3.8) is 0 Å². The number of fused-ring (bicyclic) bond motifs is 1. The number of nitrogens with one attached hydrogen (secondary N) is 1. The normalized spacial score (nSPS) is 13.9. The van der Waals surface area contributed by atoms with Gasteiger partial charge in [0.15, 0.2) is 0 Å². The number of nitrogens with zero attached hydrogens (tertiary/aromatic N) is 3. The van der Waals surface area contributed by atoms with Crippen molar-refractivity contribution in [2.75, 3.05) is 16.8 Å². The zero-order chi connectivity index (χ0) is 15.7. The molecule has 1 N–H and O–H groups in total. The first-order chi connectivity index (χ1) is 10.6. The zero-order valence-corrected chi connectivity index (χ0v) is 12.7. The maximum atomic E-state index is 12.2. The molecular weight excluding hydrogens is 280 g/mol. The monoisotopic (exact) mass is 298 g/mol. The van der Waals surface area contributed by atoms with Crippen LogP contribution >= 0.6 is 0 Å². The number of aryl methyl sites for hydroxylation is 2. The average Bonchev–Trinajstić information content (AvgIpc) is 2.93. The number of benzene rings is 1. The molecule has 0 bridgehead atoms. The predicted molar refractivity (Wildman–Crippen MR) is 84.0 cm³/mol. The van der Waals surface area contributed by atoms with Gasteiger partial charge in [0.05, 0.1) is 0 Å². The molecule has 1 aliphatic rings. The summed E-state index contributed by atoms with van der Waals surface area (Å²) in [6, 6.07) is 7.34. The van der Waals surface area contributed by atoms with Crippen LogP contribution in [0.5, 0.6) is 0 Å². The highest BCUT2D eigenvalue weighted by Gasteiger charge is 2.23. The summed E-state index contributed by atoms with van der Waals surface area (Å²) in [6.45, 7) is 2.62. The number of hydrogen-bond acceptors (Lipinski definition) is 3. The van der Waals surface area contributed by atoms with Gasteiger partial charge in [-0.2, -0.15) is 5.10 Å². The molecule has 0 spiro atoms. The van der Waals surface area contributed by atoms with Gasteiger partial charge in [-0.1, -0.05) is 0 Å². The van der Waals surface area contributed by atoms with Crippen LogP contribution in [0.15, 0.2) is 30.5 Å². The Balaban J connectivity index is 1.84. The lowest BCUT2D eigenvalue weighted by Gasteiger charge is -2.28. The minimum atomic E-state index is -0.195. The molecule has 0 unspecified atom stereocenters. The summed E-state index contributed by atoms with van der Waals surface area (Å²) in [7, 11) is 1.73. The van der Waals surface area contributed by atoms with Gasteiger partial charge in [0.1, 0.15) is 5.69 Å². The summed E-state index contributed by atoms with van der Waals surface area (Å²) in [5, 5.41) is 6.87. The van der Waals surface area contributed by atoms with Crippen molar-refractivity contribution >= 4 is 23.2 Å². The number of rotatable bonds is 3.